The van der Waals surface area contributed by atoms with Gasteiger partial charge in [0.25, 0.3) is 0 Å². The molecule has 2 aromatic rings. The summed E-state index contributed by atoms with van der Waals surface area (Å²) in [5.41, 5.74) is 10.0. The maximum atomic E-state index is 5.56. The minimum Gasteiger partial charge on any atom is -0.325 e. The summed E-state index contributed by atoms with van der Waals surface area (Å²) in [5.74, 6) is 0. The van der Waals surface area contributed by atoms with Crippen LogP contribution in [0.2, 0.25) is 0 Å². The Morgan fingerprint density at radius 1 is 1.33 bits per heavy atom. The first-order chi connectivity index (χ1) is 7.20. The third-order valence-corrected chi connectivity index (χ3v) is 2.45. The lowest BCUT2D eigenvalue weighted by Crippen LogP contribution is -1.98. The van der Waals surface area contributed by atoms with E-state index in [1.165, 1.54) is 11.1 Å². The molecule has 0 unspecified atom stereocenters. The van der Waals surface area contributed by atoms with Crippen LogP contribution in [-0.2, 0) is 13.6 Å². The third kappa shape index (κ3) is 1.92. The maximum absolute atomic E-state index is 5.56. The zero-order chi connectivity index (χ0) is 10.8. The molecule has 15 heavy (non-hydrogen) atoms. The monoisotopic (exact) mass is 201 g/mol. The van der Waals surface area contributed by atoms with Gasteiger partial charge in [-0.15, -0.1) is 0 Å². The van der Waals surface area contributed by atoms with Crippen LogP contribution in [-0.4, -0.2) is 9.78 Å². The molecule has 2 N–H and O–H groups in total. The second-order valence-corrected chi connectivity index (χ2v) is 3.72. The van der Waals surface area contributed by atoms with E-state index < -0.39 is 0 Å². The van der Waals surface area contributed by atoms with E-state index in [1.807, 2.05) is 17.8 Å². The van der Waals surface area contributed by atoms with Crippen molar-refractivity contribution >= 4 is 0 Å². The van der Waals surface area contributed by atoms with Crippen molar-refractivity contribution in [2.24, 2.45) is 12.8 Å². The molecule has 0 atom stereocenters. The first-order valence-electron chi connectivity index (χ1n) is 5.00. The predicted molar refractivity (Wildman–Crippen MR) is 61.3 cm³/mol. The summed E-state index contributed by atoms with van der Waals surface area (Å²) in [7, 11) is 1.94. The molecule has 3 nitrogen and oxygen atoms in total. The van der Waals surface area contributed by atoms with E-state index in [0.29, 0.717) is 6.54 Å². The summed E-state index contributed by atoms with van der Waals surface area (Å²) < 4.78 is 1.87. The first-order valence-corrected chi connectivity index (χ1v) is 5.00. The Balaban J connectivity index is 2.48. The molecule has 1 aromatic carbocycles. The Morgan fingerprint density at radius 3 is 2.73 bits per heavy atom. The number of rotatable bonds is 2. The Labute approximate surface area is 89.5 Å². The third-order valence-electron chi connectivity index (χ3n) is 2.45. The molecule has 1 heterocycles. The predicted octanol–water partition coefficient (Wildman–Crippen LogP) is 1.85. The quantitative estimate of drug-likeness (QED) is 0.806. The number of aryl methyl sites for hydroxylation is 2. The molecular formula is C12H15N3. The Bertz CT molecular complexity index is 471. The molecule has 0 saturated heterocycles. The van der Waals surface area contributed by atoms with Gasteiger partial charge in [-0.25, -0.2) is 0 Å². The minimum atomic E-state index is 0.486. The van der Waals surface area contributed by atoms with Crippen LogP contribution in [0.15, 0.2) is 30.3 Å². The highest BCUT2D eigenvalue weighted by atomic mass is 15.3. The Hall–Kier alpha value is -1.61. The lowest BCUT2D eigenvalue weighted by Gasteiger charge is -2.02. The summed E-state index contributed by atoms with van der Waals surface area (Å²) in [6, 6.07) is 10.4. The summed E-state index contributed by atoms with van der Waals surface area (Å²) >= 11 is 0. The molecule has 0 fully saturated rings. The summed E-state index contributed by atoms with van der Waals surface area (Å²) in [4.78, 5) is 0. The number of nitrogens with zero attached hydrogens (tertiary/aromatic N) is 2. The minimum absolute atomic E-state index is 0.486. The number of benzene rings is 1. The van der Waals surface area contributed by atoms with Gasteiger partial charge < -0.3 is 5.73 Å². The van der Waals surface area contributed by atoms with E-state index in [2.05, 4.69) is 36.3 Å². The van der Waals surface area contributed by atoms with Gasteiger partial charge in [-0.3, -0.25) is 4.68 Å². The molecule has 0 aliphatic carbocycles. The molecular weight excluding hydrogens is 186 g/mol. The molecule has 78 valence electrons. The first kappa shape index (κ1) is 9.93. The van der Waals surface area contributed by atoms with Crippen LogP contribution in [0.4, 0.5) is 0 Å². The number of hydrogen-bond donors (Lipinski definition) is 1. The van der Waals surface area contributed by atoms with Crippen molar-refractivity contribution in [1.29, 1.82) is 0 Å². The molecule has 0 saturated carbocycles. The van der Waals surface area contributed by atoms with E-state index in [-0.39, 0.29) is 0 Å². The number of nitrogens with two attached hydrogens (primary N) is 1. The largest absolute Gasteiger partial charge is 0.325 e. The average molecular weight is 201 g/mol. The van der Waals surface area contributed by atoms with Gasteiger partial charge in [-0.05, 0) is 19.1 Å². The summed E-state index contributed by atoms with van der Waals surface area (Å²) in [5, 5.41) is 4.33. The zero-order valence-electron chi connectivity index (χ0n) is 9.07. The Morgan fingerprint density at radius 2 is 2.13 bits per heavy atom. The number of aromatic nitrogens is 2. The van der Waals surface area contributed by atoms with Crippen LogP contribution >= 0.6 is 0 Å². The molecule has 0 bridgehead atoms. The Kier molecular flexibility index (Phi) is 2.56. The van der Waals surface area contributed by atoms with Crippen molar-refractivity contribution in [2.45, 2.75) is 13.5 Å². The normalized spacial score (nSPS) is 10.6. The van der Waals surface area contributed by atoms with Crippen molar-refractivity contribution in [3.8, 4) is 11.3 Å². The van der Waals surface area contributed by atoms with Crippen LogP contribution < -0.4 is 5.73 Å². The highest BCUT2D eigenvalue weighted by molar-refractivity contribution is 5.60. The molecule has 1 aromatic heterocycles. The van der Waals surface area contributed by atoms with Crippen molar-refractivity contribution in [2.75, 3.05) is 0 Å². The van der Waals surface area contributed by atoms with Crippen molar-refractivity contribution in [3.05, 3.63) is 41.6 Å². The van der Waals surface area contributed by atoms with E-state index in [9.17, 15) is 0 Å². The fourth-order valence-corrected chi connectivity index (χ4v) is 1.70. The van der Waals surface area contributed by atoms with Crippen LogP contribution in [0.3, 0.4) is 0 Å². The molecule has 0 aliphatic rings. The highest BCUT2D eigenvalue weighted by Gasteiger charge is 2.05. The van der Waals surface area contributed by atoms with Gasteiger partial charge in [0.1, 0.15) is 0 Å². The van der Waals surface area contributed by atoms with Gasteiger partial charge >= 0.3 is 0 Å². The topological polar surface area (TPSA) is 43.8 Å². The maximum Gasteiger partial charge on any atom is 0.0766 e. The van der Waals surface area contributed by atoms with Crippen LogP contribution in [0.1, 0.15) is 11.3 Å². The SMILES string of the molecule is Cc1cccc(-c2cc(CN)nn2C)c1. The van der Waals surface area contributed by atoms with Gasteiger partial charge in [-0.2, -0.15) is 5.10 Å². The lowest BCUT2D eigenvalue weighted by molar-refractivity contribution is 0.749. The van der Waals surface area contributed by atoms with Gasteiger partial charge in [-0.1, -0.05) is 23.8 Å². The highest BCUT2D eigenvalue weighted by Crippen LogP contribution is 2.20. The smallest absolute Gasteiger partial charge is 0.0766 e. The van der Waals surface area contributed by atoms with Crippen LogP contribution in [0.5, 0.6) is 0 Å². The van der Waals surface area contributed by atoms with Crippen LogP contribution in [0.25, 0.3) is 11.3 Å². The second-order valence-electron chi connectivity index (χ2n) is 3.72. The van der Waals surface area contributed by atoms with E-state index in [0.717, 1.165) is 11.4 Å². The fourth-order valence-electron chi connectivity index (χ4n) is 1.70. The summed E-state index contributed by atoms with van der Waals surface area (Å²) in [6.07, 6.45) is 0. The van der Waals surface area contributed by atoms with Gasteiger partial charge in [0, 0.05) is 19.2 Å². The van der Waals surface area contributed by atoms with Crippen molar-refractivity contribution in [3.63, 3.8) is 0 Å². The average Bonchev–Trinajstić information content (AvgIpc) is 2.60. The summed E-state index contributed by atoms with van der Waals surface area (Å²) in [6.45, 7) is 2.57. The lowest BCUT2D eigenvalue weighted by atomic mass is 10.1. The van der Waals surface area contributed by atoms with Gasteiger partial charge in [0.2, 0.25) is 0 Å². The van der Waals surface area contributed by atoms with Crippen molar-refractivity contribution in [1.82, 2.24) is 9.78 Å². The number of hydrogen-bond acceptors (Lipinski definition) is 2. The van der Waals surface area contributed by atoms with Crippen LogP contribution in [0, 0.1) is 6.92 Å². The standard InChI is InChI=1S/C12H15N3/c1-9-4-3-5-10(6-9)12-7-11(8-13)14-15(12)2/h3-7H,8,13H2,1-2H3. The second kappa shape index (κ2) is 3.87. The fraction of sp³-hybridized carbons (Fsp3) is 0.250. The van der Waals surface area contributed by atoms with Gasteiger partial charge in [0.15, 0.2) is 0 Å². The molecule has 0 spiro atoms. The van der Waals surface area contributed by atoms with Gasteiger partial charge in [0.05, 0.1) is 11.4 Å². The zero-order valence-corrected chi connectivity index (χ0v) is 9.07. The molecule has 0 aliphatic heterocycles. The molecule has 0 radical (unpaired) electrons. The molecule has 0 amide bonds. The van der Waals surface area contributed by atoms with E-state index in [4.69, 9.17) is 5.73 Å². The molecule has 2 rings (SSSR count). The van der Waals surface area contributed by atoms with E-state index in [1.54, 1.807) is 0 Å². The van der Waals surface area contributed by atoms with Crippen molar-refractivity contribution < 1.29 is 0 Å². The van der Waals surface area contributed by atoms with E-state index >= 15 is 0 Å². The molecule has 3 heteroatoms.